The lowest BCUT2D eigenvalue weighted by Crippen LogP contribution is -2.37. The van der Waals surface area contributed by atoms with E-state index >= 15 is 0 Å². The van der Waals surface area contributed by atoms with Crippen molar-refractivity contribution >= 4 is 17.7 Å². The van der Waals surface area contributed by atoms with Crippen molar-refractivity contribution in [2.75, 3.05) is 38.3 Å². The monoisotopic (exact) mass is 396 g/mol. The zero-order valence-corrected chi connectivity index (χ0v) is 17.0. The molecule has 6 nitrogen and oxygen atoms in total. The lowest BCUT2D eigenvalue weighted by molar-refractivity contribution is 0.122. The molecule has 0 saturated carbocycles. The molecule has 0 amide bonds. The number of hydrogen-bond donors (Lipinski definition) is 0. The fourth-order valence-electron chi connectivity index (χ4n) is 3.29. The number of rotatable bonds is 6. The molecule has 1 fully saturated rings. The van der Waals surface area contributed by atoms with E-state index in [2.05, 4.69) is 50.9 Å². The number of morpholine rings is 1. The van der Waals surface area contributed by atoms with Crippen LogP contribution in [-0.2, 0) is 10.5 Å². The van der Waals surface area contributed by atoms with Crippen LogP contribution in [-0.4, -0.2) is 48.2 Å². The zero-order valence-electron chi connectivity index (χ0n) is 16.2. The van der Waals surface area contributed by atoms with Gasteiger partial charge in [-0.2, -0.15) is 0 Å². The van der Waals surface area contributed by atoms with Gasteiger partial charge in [-0.1, -0.05) is 47.7 Å². The Bertz CT molecular complexity index is 923. The molecule has 1 saturated heterocycles. The Morgan fingerprint density at radius 2 is 1.86 bits per heavy atom. The van der Waals surface area contributed by atoms with Gasteiger partial charge in [0, 0.05) is 24.4 Å². The maximum absolute atomic E-state index is 5.53. The highest BCUT2D eigenvalue weighted by molar-refractivity contribution is 7.98. The van der Waals surface area contributed by atoms with Crippen LogP contribution in [0.4, 0.5) is 5.95 Å². The Morgan fingerprint density at radius 3 is 2.61 bits per heavy atom. The quantitative estimate of drug-likeness (QED) is 0.592. The second-order valence-corrected chi connectivity index (χ2v) is 7.60. The standard InChI is InChI=1S/C21H24N4O2S/c1-16-8-9-19(26-2)17(14-16)15-28-21-23-22-20(24-10-12-27-13-11-24)25(21)18-6-4-3-5-7-18/h3-9,14H,10-13,15H2,1-2H3. The number of aromatic nitrogens is 3. The minimum Gasteiger partial charge on any atom is -0.496 e. The van der Waals surface area contributed by atoms with Crippen LogP contribution in [0.3, 0.4) is 0 Å². The summed E-state index contributed by atoms with van der Waals surface area (Å²) in [6.45, 7) is 5.16. The molecule has 1 aromatic heterocycles. The summed E-state index contributed by atoms with van der Waals surface area (Å²) in [6.07, 6.45) is 0. The van der Waals surface area contributed by atoms with Gasteiger partial charge in [0.05, 0.1) is 26.0 Å². The van der Waals surface area contributed by atoms with Crippen LogP contribution >= 0.6 is 11.8 Å². The van der Waals surface area contributed by atoms with E-state index in [1.165, 1.54) is 5.56 Å². The summed E-state index contributed by atoms with van der Waals surface area (Å²) in [5.74, 6) is 2.53. The normalized spacial score (nSPS) is 14.3. The van der Waals surface area contributed by atoms with Crippen molar-refractivity contribution in [3.05, 3.63) is 59.7 Å². The summed E-state index contributed by atoms with van der Waals surface area (Å²) in [7, 11) is 1.71. The molecule has 146 valence electrons. The number of benzene rings is 2. The third kappa shape index (κ3) is 4.00. The Balaban J connectivity index is 1.65. The van der Waals surface area contributed by atoms with Crippen molar-refractivity contribution in [2.24, 2.45) is 0 Å². The van der Waals surface area contributed by atoms with E-state index < -0.39 is 0 Å². The van der Waals surface area contributed by atoms with Crippen LogP contribution in [0.1, 0.15) is 11.1 Å². The largest absolute Gasteiger partial charge is 0.496 e. The van der Waals surface area contributed by atoms with Gasteiger partial charge in [0.1, 0.15) is 5.75 Å². The minimum atomic E-state index is 0.713. The highest BCUT2D eigenvalue weighted by Crippen LogP contribution is 2.32. The van der Waals surface area contributed by atoms with Gasteiger partial charge in [-0.05, 0) is 25.1 Å². The maximum atomic E-state index is 5.53. The average Bonchev–Trinajstić information content (AvgIpc) is 3.17. The van der Waals surface area contributed by atoms with Gasteiger partial charge in [-0.25, -0.2) is 0 Å². The summed E-state index contributed by atoms with van der Waals surface area (Å²) in [6, 6.07) is 16.5. The number of anilines is 1. The molecule has 0 radical (unpaired) electrons. The van der Waals surface area contributed by atoms with E-state index in [1.807, 2.05) is 24.3 Å². The molecule has 0 atom stereocenters. The minimum absolute atomic E-state index is 0.713. The molecule has 0 aliphatic carbocycles. The van der Waals surface area contributed by atoms with Crippen molar-refractivity contribution in [2.45, 2.75) is 17.8 Å². The van der Waals surface area contributed by atoms with E-state index in [0.717, 1.165) is 46.9 Å². The molecule has 2 aromatic carbocycles. The Kier molecular flexibility index (Phi) is 5.83. The first-order valence-corrected chi connectivity index (χ1v) is 10.3. The van der Waals surface area contributed by atoms with Gasteiger partial charge in [0.15, 0.2) is 5.16 Å². The molecule has 1 aliphatic heterocycles. The van der Waals surface area contributed by atoms with E-state index in [4.69, 9.17) is 9.47 Å². The second kappa shape index (κ2) is 8.67. The topological polar surface area (TPSA) is 52.4 Å². The van der Waals surface area contributed by atoms with Gasteiger partial charge in [-0.15, -0.1) is 10.2 Å². The first-order chi connectivity index (χ1) is 13.8. The second-order valence-electron chi connectivity index (χ2n) is 6.66. The molecule has 0 N–H and O–H groups in total. The Hall–Kier alpha value is -2.51. The van der Waals surface area contributed by atoms with Crippen molar-refractivity contribution in [1.29, 1.82) is 0 Å². The number of thioether (sulfide) groups is 1. The lowest BCUT2D eigenvalue weighted by Gasteiger charge is -2.27. The predicted octanol–water partition coefficient (Wildman–Crippen LogP) is 3.71. The molecule has 0 bridgehead atoms. The Morgan fingerprint density at radius 1 is 1.07 bits per heavy atom. The fourth-order valence-corrected chi connectivity index (χ4v) is 4.21. The SMILES string of the molecule is COc1ccc(C)cc1CSc1nnc(N2CCOCC2)n1-c1ccccc1. The first-order valence-electron chi connectivity index (χ1n) is 9.36. The summed E-state index contributed by atoms with van der Waals surface area (Å²) in [5.41, 5.74) is 3.44. The van der Waals surface area contributed by atoms with Crippen LogP contribution in [0.15, 0.2) is 53.7 Å². The van der Waals surface area contributed by atoms with Gasteiger partial charge >= 0.3 is 0 Å². The summed E-state index contributed by atoms with van der Waals surface area (Å²) in [4.78, 5) is 2.24. The molecule has 2 heterocycles. The lowest BCUT2D eigenvalue weighted by atomic mass is 10.1. The third-order valence-corrected chi connectivity index (χ3v) is 5.70. The number of para-hydroxylation sites is 1. The molecular weight excluding hydrogens is 372 g/mol. The van der Waals surface area contributed by atoms with Gasteiger partial charge in [0.25, 0.3) is 0 Å². The Labute approximate surface area is 169 Å². The maximum Gasteiger partial charge on any atom is 0.232 e. The number of nitrogens with zero attached hydrogens (tertiary/aromatic N) is 4. The first kappa shape index (κ1) is 18.8. The van der Waals surface area contributed by atoms with Crippen LogP contribution in [0.25, 0.3) is 5.69 Å². The molecule has 7 heteroatoms. The molecule has 4 rings (SSSR count). The van der Waals surface area contributed by atoms with E-state index in [9.17, 15) is 0 Å². The van der Waals surface area contributed by atoms with Crippen molar-refractivity contribution in [3.63, 3.8) is 0 Å². The number of aryl methyl sites for hydroxylation is 1. The number of hydrogen-bond acceptors (Lipinski definition) is 6. The van der Waals surface area contributed by atoms with Crippen LogP contribution in [0.2, 0.25) is 0 Å². The van der Waals surface area contributed by atoms with Gasteiger partial charge in [-0.3, -0.25) is 4.57 Å². The van der Waals surface area contributed by atoms with Crippen molar-refractivity contribution in [1.82, 2.24) is 14.8 Å². The van der Waals surface area contributed by atoms with Crippen LogP contribution in [0.5, 0.6) is 5.75 Å². The highest BCUT2D eigenvalue weighted by atomic mass is 32.2. The van der Waals surface area contributed by atoms with Crippen molar-refractivity contribution in [3.8, 4) is 11.4 Å². The summed E-state index contributed by atoms with van der Waals surface area (Å²) < 4.78 is 13.2. The number of methoxy groups -OCH3 is 1. The summed E-state index contributed by atoms with van der Waals surface area (Å²) >= 11 is 1.67. The van der Waals surface area contributed by atoms with Crippen LogP contribution in [0, 0.1) is 6.92 Å². The van der Waals surface area contributed by atoms with Gasteiger partial charge < -0.3 is 14.4 Å². The molecule has 0 unspecified atom stereocenters. The van der Waals surface area contributed by atoms with E-state index in [-0.39, 0.29) is 0 Å². The average molecular weight is 397 g/mol. The van der Waals surface area contributed by atoms with Crippen molar-refractivity contribution < 1.29 is 9.47 Å². The van der Waals surface area contributed by atoms with Gasteiger partial charge in [0.2, 0.25) is 5.95 Å². The van der Waals surface area contributed by atoms with Crippen LogP contribution < -0.4 is 9.64 Å². The summed E-state index contributed by atoms with van der Waals surface area (Å²) in [5, 5.41) is 9.90. The van der Waals surface area contributed by atoms with E-state index in [0.29, 0.717) is 13.2 Å². The molecule has 3 aromatic rings. The third-order valence-electron chi connectivity index (χ3n) is 4.72. The van der Waals surface area contributed by atoms with E-state index in [1.54, 1.807) is 18.9 Å². The fraction of sp³-hybridized carbons (Fsp3) is 0.333. The predicted molar refractivity (Wildman–Crippen MR) is 112 cm³/mol. The highest BCUT2D eigenvalue weighted by Gasteiger charge is 2.22. The molecule has 28 heavy (non-hydrogen) atoms. The smallest absolute Gasteiger partial charge is 0.232 e. The number of ether oxygens (including phenoxy) is 2. The molecule has 0 spiro atoms. The zero-order chi connectivity index (χ0) is 19.3. The molecular formula is C21H24N4O2S. The molecule has 1 aliphatic rings.